The lowest BCUT2D eigenvalue weighted by Crippen LogP contribution is -2.28. The summed E-state index contributed by atoms with van der Waals surface area (Å²) < 4.78 is 0. The highest BCUT2D eigenvalue weighted by Crippen LogP contribution is 2.30. The zero-order chi connectivity index (χ0) is 12.3. The molecule has 0 unspecified atom stereocenters. The Kier molecular flexibility index (Phi) is 3.56. The Labute approximate surface area is 102 Å². The number of hydrogen-bond acceptors (Lipinski definition) is 4. The molecule has 0 bridgehead atoms. The van der Waals surface area contributed by atoms with Crippen LogP contribution in [0, 0.1) is 11.3 Å². The standard InChI is InChI=1S/C12H19N5/c1-2-5-17(8-9-3-4-9)11-7-15-10(6-16-11)12(13)14/h6-7,9H,2-5,8H2,1H3,(H3,13,14). The Bertz CT molecular complexity index is 382. The van der Waals surface area contributed by atoms with E-state index in [0.717, 1.165) is 31.2 Å². The molecule has 0 aromatic carbocycles. The summed E-state index contributed by atoms with van der Waals surface area (Å²) in [6.45, 7) is 4.24. The molecule has 0 aliphatic heterocycles. The van der Waals surface area contributed by atoms with Crippen LogP contribution >= 0.6 is 0 Å². The van der Waals surface area contributed by atoms with Crippen molar-refractivity contribution in [1.82, 2.24) is 9.97 Å². The van der Waals surface area contributed by atoms with E-state index in [1.807, 2.05) is 0 Å². The fraction of sp³-hybridized carbons (Fsp3) is 0.583. The molecule has 3 N–H and O–H groups in total. The molecular weight excluding hydrogens is 214 g/mol. The molecule has 1 heterocycles. The lowest BCUT2D eigenvalue weighted by atomic mass is 10.3. The van der Waals surface area contributed by atoms with Gasteiger partial charge < -0.3 is 10.6 Å². The Morgan fingerprint density at radius 3 is 2.71 bits per heavy atom. The molecular formula is C12H19N5. The summed E-state index contributed by atoms with van der Waals surface area (Å²) in [5, 5.41) is 7.28. The average Bonchev–Trinajstić information content (AvgIpc) is 3.13. The summed E-state index contributed by atoms with van der Waals surface area (Å²) >= 11 is 0. The molecule has 1 aliphatic carbocycles. The molecule has 1 aromatic heterocycles. The molecule has 0 radical (unpaired) electrons. The van der Waals surface area contributed by atoms with Gasteiger partial charge in [-0.2, -0.15) is 0 Å². The quantitative estimate of drug-likeness (QED) is 0.575. The monoisotopic (exact) mass is 233 g/mol. The second-order valence-electron chi connectivity index (χ2n) is 4.56. The predicted octanol–water partition coefficient (Wildman–Crippen LogP) is 1.39. The molecule has 2 rings (SSSR count). The maximum Gasteiger partial charge on any atom is 0.147 e. The third-order valence-electron chi connectivity index (χ3n) is 2.91. The van der Waals surface area contributed by atoms with E-state index in [-0.39, 0.29) is 5.84 Å². The van der Waals surface area contributed by atoms with Crippen LogP contribution in [-0.2, 0) is 0 Å². The number of amidine groups is 1. The van der Waals surface area contributed by atoms with E-state index in [2.05, 4.69) is 21.8 Å². The Hall–Kier alpha value is -1.65. The number of hydrogen-bond donors (Lipinski definition) is 2. The summed E-state index contributed by atoms with van der Waals surface area (Å²) in [5.41, 5.74) is 5.80. The lowest BCUT2D eigenvalue weighted by Gasteiger charge is -2.22. The second-order valence-corrected chi connectivity index (χ2v) is 4.56. The number of rotatable bonds is 6. The first-order chi connectivity index (χ1) is 8.20. The van der Waals surface area contributed by atoms with E-state index in [0.29, 0.717) is 5.69 Å². The van der Waals surface area contributed by atoms with Crippen LogP contribution < -0.4 is 10.6 Å². The Balaban J connectivity index is 2.08. The van der Waals surface area contributed by atoms with E-state index in [1.165, 1.54) is 12.8 Å². The van der Waals surface area contributed by atoms with Crippen molar-refractivity contribution < 1.29 is 0 Å². The molecule has 1 aliphatic rings. The van der Waals surface area contributed by atoms with Gasteiger partial charge >= 0.3 is 0 Å². The van der Waals surface area contributed by atoms with Gasteiger partial charge in [-0.1, -0.05) is 6.92 Å². The summed E-state index contributed by atoms with van der Waals surface area (Å²) in [7, 11) is 0. The van der Waals surface area contributed by atoms with Crippen LogP contribution in [0.4, 0.5) is 5.82 Å². The first kappa shape index (κ1) is 11.8. The topological polar surface area (TPSA) is 78.9 Å². The van der Waals surface area contributed by atoms with E-state index < -0.39 is 0 Å². The minimum absolute atomic E-state index is 0.0340. The van der Waals surface area contributed by atoms with Crippen molar-refractivity contribution >= 4 is 11.7 Å². The van der Waals surface area contributed by atoms with Crippen LogP contribution in [0.5, 0.6) is 0 Å². The minimum Gasteiger partial charge on any atom is -0.382 e. The molecule has 17 heavy (non-hydrogen) atoms. The lowest BCUT2D eigenvalue weighted by molar-refractivity contribution is 0.697. The fourth-order valence-corrected chi connectivity index (χ4v) is 1.80. The van der Waals surface area contributed by atoms with E-state index in [4.69, 9.17) is 11.1 Å². The third kappa shape index (κ3) is 3.15. The maximum absolute atomic E-state index is 7.28. The van der Waals surface area contributed by atoms with Crippen LogP contribution in [0.2, 0.25) is 0 Å². The second kappa shape index (κ2) is 5.12. The highest BCUT2D eigenvalue weighted by molar-refractivity contribution is 5.92. The first-order valence-corrected chi connectivity index (χ1v) is 6.12. The predicted molar refractivity (Wildman–Crippen MR) is 68.3 cm³/mol. The van der Waals surface area contributed by atoms with Crippen molar-refractivity contribution in [2.24, 2.45) is 11.7 Å². The molecule has 0 amide bonds. The molecule has 0 spiro atoms. The van der Waals surface area contributed by atoms with E-state index in [1.54, 1.807) is 12.4 Å². The number of nitrogen functional groups attached to an aromatic ring is 1. The molecule has 0 saturated heterocycles. The summed E-state index contributed by atoms with van der Waals surface area (Å²) in [6.07, 6.45) is 7.06. The summed E-state index contributed by atoms with van der Waals surface area (Å²) in [5.74, 6) is 1.69. The zero-order valence-corrected chi connectivity index (χ0v) is 10.2. The van der Waals surface area contributed by atoms with Crippen molar-refractivity contribution in [3.63, 3.8) is 0 Å². The number of nitrogens with two attached hydrogens (primary N) is 1. The highest BCUT2D eigenvalue weighted by Gasteiger charge is 2.24. The largest absolute Gasteiger partial charge is 0.382 e. The zero-order valence-electron chi connectivity index (χ0n) is 10.2. The molecule has 5 nitrogen and oxygen atoms in total. The van der Waals surface area contributed by atoms with Gasteiger partial charge in [-0.25, -0.2) is 9.97 Å². The smallest absolute Gasteiger partial charge is 0.147 e. The van der Waals surface area contributed by atoms with Crippen LogP contribution in [0.3, 0.4) is 0 Å². The van der Waals surface area contributed by atoms with Gasteiger partial charge in [0.05, 0.1) is 12.4 Å². The van der Waals surface area contributed by atoms with Crippen molar-refractivity contribution in [3.05, 3.63) is 18.1 Å². The normalized spacial score (nSPS) is 14.6. The number of nitrogens with zero attached hydrogens (tertiary/aromatic N) is 3. The highest BCUT2D eigenvalue weighted by atomic mass is 15.2. The van der Waals surface area contributed by atoms with Crippen LogP contribution in [0.15, 0.2) is 12.4 Å². The maximum atomic E-state index is 7.28. The molecule has 1 fully saturated rings. The van der Waals surface area contributed by atoms with Gasteiger partial charge in [-0.05, 0) is 25.2 Å². The van der Waals surface area contributed by atoms with Gasteiger partial charge in [0.2, 0.25) is 0 Å². The van der Waals surface area contributed by atoms with Crippen LogP contribution in [0.25, 0.3) is 0 Å². The third-order valence-corrected chi connectivity index (χ3v) is 2.91. The van der Waals surface area contributed by atoms with Crippen LogP contribution in [0.1, 0.15) is 31.9 Å². The van der Waals surface area contributed by atoms with E-state index in [9.17, 15) is 0 Å². The van der Waals surface area contributed by atoms with Crippen molar-refractivity contribution in [2.75, 3.05) is 18.0 Å². The fourth-order valence-electron chi connectivity index (χ4n) is 1.80. The molecule has 1 aromatic rings. The Morgan fingerprint density at radius 2 is 2.24 bits per heavy atom. The molecule has 5 heteroatoms. The minimum atomic E-state index is -0.0340. The van der Waals surface area contributed by atoms with Gasteiger partial charge in [0.25, 0.3) is 0 Å². The van der Waals surface area contributed by atoms with Gasteiger partial charge in [0, 0.05) is 13.1 Å². The number of aromatic nitrogens is 2. The SMILES string of the molecule is CCCN(CC1CC1)c1cnc(C(=N)N)cn1. The van der Waals surface area contributed by atoms with Crippen LogP contribution in [-0.4, -0.2) is 28.9 Å². The van der Waals surface area contributed by atoms with Crippen molar-refractivity contribution in [2.45, 2.75) is 26.2 Å². The van der Waals surface area contributed by atoms with Gasteiger partial charge in [-0.15, -0.1) is 0 Å². The molecule has 92 valence electrons. The average molecular weight is 233 g/mol. The molecule has 1 saturated carbocycles. The van der Waals surface area contributed by atoms with Gasteiger partial charge in [0.1, 0.15) is 17.3 Å². The van der Waals surface area contributed by atoms with Gasteiger partial charge in [-0.3, -0.25) is 5.41 Å². The van der Waals surface area contributed by atoms with Crippen molar-refractivity contribution in [3.8, 4) is 0 Å². The number of anilines is 1. The van der Waals surface area contributed by atoms with Crippen molar-refractivity contribution in [1.29, 1.82) is 5.41 Å². The first-order valence-electron chi connectivity index (χ1n) is 6.12. The summed E-state index contributed by atoms with van der Waals surface area (Å²) in [4.78, 5) is 10.8. The Morgan fingerprint density at radius 1 is 1.47 bits per heavy atom. The van der Waals surface area contributed by atoms with Gasteiger partial charge in [0.15, 0.2) is 0 Å². The summed E-state index contributed by atoms with van der Waals surface area (Å²) in [6, 6.07) is 0. The number of nitrogens with one attached hydrogen (secondary N) is 1. The van der Waals surface area contributed by atoms with E-state index >= 15 is 0 Å². The molecule has 0 atom stereocenters.